The summed E-state index contributed by atoms with van der Waals surface area (Å²) in [5.41, 5.74) is 3.18. The minimum absolute atomic E-state index is 0.0568. The Morgan fingerprint density at radius 3 is 2.39 bits per heavy atom. The summed E-state index contributed by atoms with van der Waals surface area (Å²) in [4.78, 5) is 11.9. The second-order valence-corrected chi connectivity index (χ2v) is 5.39. The number of aryl methyl sites for hydroxylation is 1. The maximum Gasteiger partial charge on any atom is 0.220 e. The summed E-state index contributed by atoms with van der Waals surface area (Å²) >= 11 is 0. The van der Waals surface area contributed by atoms with Crippen LogP contribution >= 0.6 is 0 Å². The van der Waals surface area contributed by atoms with Crippen LogP contribution < -0.4 is 5.32 Å². The molecule has 0 bridgehead atoms. The van der Waals surface area contributed by atoms with E-state index >= 15 is 0 Å². The second-order valence-electron chi connectivity index (χ2n) is 5.39. The number of para-hydroxylation sites is 1. The highest BCUT2D eigenvalue weighted by Gasteiger charge is 2.04. The Morgan fingerprint density at radius 2 is 1.65 bits per heavy atom. The lowest BCUT2D eigenvalue weighted by molar-refractivity contribution is -0.121. The third-order valence-corrected chi connectivity index (χ3v) is 3.63. The molecule has 116 valence electrons. The number of nitrogens with zero attached hydrogens (tertiary/aromatic N) is 2. The van der Waals surface area contributed by atoms with Crippen molar-refractivity contribution in [3.63, 3.8) is 0 Å². The van der Waals surface area contributed by atoms with E-state index in [0.717, 1.165) is 17.7 Å². The van der Waals surface area contributed by atoms with Gasteiger partial charge >= 0.3 is 0 Å². The van der Waals surface area contributed by atoms with Crippen LogP contribution in [0.5, 0.6) is 0 Å². The van der Waals surface area contributed by atoms with Gasteiger partial charge in [0.05, 0.1) is 11.9 Å². The van der Waals surface area contributed by atoms with Crippen molar-refractivity contribution in [3.05, 3.63) is 84.2 Å². The Morgan fingerprint density at radius 1 is 0.957 bits per heavy atom. The molecule has 3 rings (SSSR count). The van der Waals surface area contributed by atoms with Gasteiger partial charge in [0.2, 0.25) is 5.91 Å². The molecule has 0 radical (unpaired) electrons. The van der Waals surface area contributed by atoms with Crippen molar-refractivity contribution >= 4 is 5.91 Å². The molecule has 4 nitrogen and oxygen atoms in total. The monoisotopic (exact) mass is 305 g/mol. The van der Waals surface area contributed by atoms with Crippen molar-refractivity contribution in [3.8, 4) is 5.69 Å². The van der Waals surface area contributed by atoms with Crippen LogP contribution in [0.1, 0.15) is 17.5 Å². The molecule has 0 unspecified atom stereocenters. The third kappa shape index (κ3) is 4.30. The van der Waals surface area contributed by atoms with Gasteiger partial charge in [-0.2, -0.15) is 5.10 Å². The van der Waals surface area contributed by atoms with Gasteiger partial charge in [0, 0.05) is 24.7 Å². The van der Waals surface area contributed by atoms with Crippen LogP contribution in [-0.2, 0) is 17.8 Å². The van der Waals surface area contributed by atoms with E-state index in [4.69, 9.17) is 0 Å². The molecule has 1 amide bonds. The van der Waals surface area contributed by atoms with Crippen LogP contribution in [0.2, 0.25) is 0 Å². The molecule has 1 aromatic heterocycles. The smallest absolute Gasteiger partial charge is 0.220 e. The normalized spacial score (nSPS) is 10.4. The molecule has 0 spiro atoms. The van der Waals surface area contributed by atoms with E-state index in [9.17, 15) is 4.79 Å². The number of hydrogen-bond donors (Lipinski definition) is 1. The molecule has 23 heavy (non-hydrogen) atoms. The van der Waals surface area contributed by atoms with E-state index in [-0.39, 0.29) is 5.91 Å². The first-order chi connectivity index (χ1) is 11.3. The quantitative estimate of drug-likeness (QED) is 0.760. The molecule has 0 saturated heterocycles. The summed E-state index contributed by atoms with van der Waals surface area (Å²) in [6.45, 7) is 0.500. The number of hydrogen-bond acceptors (Lipinski definition) is 2. The number of nitrogens with one attached hydrogen (secondary N) is 1. The fraction of sp³-hybridized carbons (Fsp3) is 0.158. The van der Waals surface area contributed by atoms with Gasteiger partial charge in [-0.15, -0.1) is 0 Å². The average Bonchev–Trinajstić information content (AvgIpc) is 3.09. The number of benzene rings is 2. The molecule has 0 saturated carbocycles. The standard InChI is InChI=1S/C19H19N3O/c23-19(12-11-16-7-3-1-4-8-16)20-13-17-14-21-22(15-17)18-9-5-2-6-10-18/h1-10,14-15H,11-13H2,(H,20,23). The predicted molar refractivity (Wildman–Crippen MR) is 90.2 cm³/mol. The topological polar surface area (TPSA) is 46.9 Å². The minimum Gasteiger partial charge on any atom is -0.352 e. The zero-order valence-corrected chi connectivity index (χ0v) is 12.9. The SMILES string of the molecule is O=C(CCc1ccccc1)NCc1cnn(-c2ccccc2)c1. The summed E-state index contributed by atoms with van der Waals surface area (Å²) in [6, 6.07) is 20.0. The molecule has 4 heteroatoms. The minimum atomic E-state index is 0.0568. The molecule has 3 aromatic rings. The van der Waals surface area contributed by atoms with Crippen LogP contribution in [0, 0.1) is 0 Å². The van der Waals surface area contributed by atoms with Gasteiger partial charge in [-0.3, -0.25) is 4.79 Å². The van der Waals surface area contributed by atoms with E-state index in [1.165, 1.54) is 5.56 Å². The lowest BCUT2D eigenvalue weighted by Crippen LogP contribution is -2.22. The molecule has 0 fully saturated rings. The largest absolute Gasteiger partial charge is 0.352 e. The zero-order chi connectivity index (χ0) is 15.9. The van der Waals surface area contributed by atoms with Gasteiger partial charge in [0.1, 0.15) is 0 Å². The second kappa shape index (κ2) is 7.40. The summed E-state index contributed by atoms with van der Waals surface area (Å²) < 4.78 is 1.81. The van der Waals surface area contributed by atoms with Crippen LogP contribution in [0.3, 0.4) is 0 Å². The fourth-order valence-corrected chi connectivity index (χ4v) is 2.36. The molecule has 0 atom stereocenters. The van der Waals surface area contributed by atoms with E-state index in [2.05, 4.69) is 10.4 Å². The van der Waals surface area contributed by atoms with Crippen molar-refractivity contribution in [2.24, 2.45) is 0 Å². The molecular formula is C19H19N3O. The van der Waals surface area contributed by atoms with Crippen LogP contribution in [0.15, 0.2) is 73.1 Å². The first-order valence-corrected chi connectivity index (χ1v) is 7.71. The number of amides is 1. The van der Waals surface area contributed by atoms with Crippen LogP contribution in [-0.4, -0.2) is 15.7 Å². The molecular weight excluding hydrogens is 286 g/mol. The molecule has 0 aliphatic carbocycles. The maximum atomic E-state index is 11.9. The molecule has 0 aliphatic heterocycles. The maximum absolute atomic E-state index is 11.9. The molecule has 1 heterocycles. The first-order valence-electron chi connectivity index (χ1n) is 7.71. The third-order valence-electron chi connectivity index (χ3n) is 3.63. The van der Waals surface area contributed by atoms with Gasteiger partial charge in [0.15, 0.2) is 0 Å². The fourth-order valence-electron chi connectivity index (χ4n) is 2.36. The molecule has 1 N–H and O–H groups in total. The number of rotatable bonds is 6. The van der Waals surface area contributed by atoms with E-state index in [1.54, 1.807) is 6.20 Å². The number of carbonyl (C=O) groups is 1. The Kier molecular flexibility index (Phi) is 4.84. The molecule has 0 aliphatic rings. The summed E-state index contributed by atoms with van der Waals surface area (Å²) in [5, 5.41) is 7.27. The highest BCUT2D eigenvalue weighted by atomic mass is 16.1. The van der Waals surface area contributed by atoms with Crippen molar-refractivity contribution in [1.29, 1.82) is 0 Å². The number of carbonyl (C=O) groups excluding carboxylic acids is 1. The first kappa shape index (κ1) is 15.0. The van der Waals surface area contributed by atoms with E-state index in [1.807, 2.05) is 71.5 Å². The van der Waals surface area contributed by atoms with Gasteiger partial charge in [-0.05, 0) is 24.1 Å². The van der Waals surface area contributed by atoms with Crippen molar-refractivity contribution < 1.29 is 4.79 Å². The zero-order valence-electron chi connectivity index (χ0n) is 12.9. The lowest BCUT2D eigenvalue weighted by atomic mass is 10.1. The summed E-state index contributed by atoms with van der Waals surface area (Å²) in [5.74, 6) is 0.0568. The van der Waals surface area contributed by atoms with Crippen LogP contribution in [0.4, 0.5) is 0 Å². The van der Waals surface area contributed by atoms with Gasteiger partial charge in [-0.25, -0.2) is 4.68 Å². The van der Waals surface area contributed by atoms with Gasteiger partial charge < -0.3 is 5.32 Å². The van der Waals surface area contributed by atoms with Crippen molar-refractivity contribution in [2.45, 2.75) is 19.4 Å². The Balaban J connectivity index is 1.49. The predicted octanol–water partition coefficient (Wildman–Crippen LogP) is 3.12. The average molecular weight is 305 g/mol. The summed E-state index contributed by atoms with van der Waals surface area (Å²) in [6.07, 6.45) is 4.98. The van der Waals surface area contributed by atoms with Crippen molar-refractivity contribution in [2.75, 3.05) is 0 Å². The van der Waals surface area contributed by atoms with E-state index < -0.39 is 0 Å². The van der Waals surface area contributed by atoms with Crippen LogP contribution in [0.25, 0.3) is 5.69 Å². The lowest BCUT2D eigenvalue weighted by Gasteiger charge is -2.04. The van der Waals surface area contributed by atoms with Gasteiger partial charge in [-0.1, -0.05) is 48.5 Å². The highest BCUT2D eigenvalue weighted by Crippen LogP contribution is 2.08. The van der Waals surface area contributed by atoms with Gasteiger partial charge in [0.25, 0.3) is 0 Å². The van der Waals surface area contributed by atoms with Crippen molar-refractivity contribution in [1.82, 2.24) is 15.1 Å². The summed E-state index contributed by atoms with van der Waals surface area (Å²) in [7, 11) is 0. The number of aromatic nitrogens is 2. The molecule has 2 aromatic carbocycles. The Hall–Kier alpha value is -2.88. The Labute approximate surface area is 135 Å². The highest BCUT2D eigenvalue weighted by molar-refractivity contribution is 5.76. The Bertz CT molecular complexity index is 751. The van der Waals surface area contributed by atoms with E-state index in [0.29, 0.717) is 13.0 Å².